The van der Waals surface area contributed by atoms with Crippen LogP contribution in [0.15, 0.2) is 24.3 Å². The van der Waals surface area contributed by atoms with Crippen molar-refractivity contribution in [1.82, 2.24) is 0 Å². The molecule has 0 aromatic heterocycles. The summed E-state index contributed by atoms with van der Waals surface area (Å²) in [5.41, 5.74) is 0.464. The normalized spacial score (nSPS) is 22.2. The highest BCUT2D eigenvalue weighted by Crippen LogP contribution is 2.36. The molecule has 0 atom stereocenters. The number of benzene rings is 1. The number of halogens is 3. The molecule has 142 valence electrons. The first kappa shape index (κ1) is 20.7. The van der Waals surface area contributed by atoms with Crippen molar-refractivity contribution in [3.05, 3.63) is 35.4 Å². The van der Waals surface area contributed by atoms with E-state index in [1.54, 1.807) is 12.1 Å². The van der Waals surface area contributed by atoms with E-state index >= 15 is 0 Å². The quantitative estimate of drug-likeness (QED) is 0.502. The maximum absolute atomic E-state index is 12.6. The first-order chi connectivity index (χ1) is 11.6. The molecule has 0 aliphatic heterocycles. The molecule has 0 heterocycles. The van der Waals surface area contributed by atoms with Gasteiger partial charge in [0.05, 0.1) is 5.56 Å². The molecule has 0 bridgehead atoms. The average molecular weight is 373 g/mol. The van der Waals surface area contributed by atoms with Crippen LogP contribution in [0.4, 0.5) is 13.2 Å². The molecule has 1 aliphatic rings. The largest absolute Gasteiger partial charge is 0.416 e. The highest BCUT2D eigenvalue weighted by atomic mass is 32.2. The van der Waals surface area contributed by atoms with Gasteiger partial charge in [-0.3, -0.25) is 0 Å². The fraction of sp³-hybridized carbons (Fsp3) is 0.714. The van der Waals surface area contributed by atoms with Crippen molar-refractivity contribution in [3.8, 4) is 0 Å². The number of hydrogen-bond donors (Lipinski definition) is 0. The van der Waals surface area contributed by atoms with Crippen LogP contribution in [0.3, 0.4) is 0 Å². The molecular weight excluding hydrogens is 341 g/mol. The predicted octanol–water partition coefficient (Wildman–Crippen LogP) is 7.37. The van der Waals surface area contributed by atoms with Crippen molar-refractivity contribution in [1.29, 1.82) is 0 Å². The highest BCUT2D eigenvalue weighted by molar-refractivity contribution is 8.00. The van der Waals surface area contributed by atoms with Crippen molar-refractivity contribution in [2.75, 3.05) is 5.75 Å². The minimum Gasteiger partial charge on any atom is -0.166 e. The van der Waals surface area contributed by atoms with Crippen molar-refractivity contribution in [2.24, 2.45) is 11.8 Å². The van der Waals surface area contributed by atoms with Gasteiger partial charge in [-0.15, -0.1) is 0 Å². The van der Waals surface area contributed by atoms with Gasteiger partial charge in [-0.2, -0.15) is 24.9 Å². The minimum atomic E-state index is -4.23. The summed E-state index contributed by atoms with van der Waals surface area (Å²) < 4.78 is 38.1. The van der Waals surface area contributed by atoms with Crippen LogP contribution >= 0.6 is 11.8 Å². The van der Waals surface area contributed by atoms with E-state index in [0.717, 1.165) is 30.2 Å². The standard InChI is InChI=1S/C21H31F3S/c1-20(2,3)25-15-18-9-7-16(8-10-18)5-4-6-17-11-13-19(14-12-17)21(22,23)24/h11-14,16,18H,4-10,15H2,1-3H3. The smallest absolute Gasteiger partial charge is 0.166 e. The summed E-state index contributed by atoms with van der Waals surface area (Å²) in [6, 6.07) is 5.66. The molecule has 4 heteroatoms. The average Bonchev–Trinajstić information content (AvgIpc) is 2.53. The topological polar surface area (TPSA) is 0 Å². The van der Waals surface area contributed by atoms with Crippen LogP contribution < -0.4 is 0 Å². The molecule has 2 rings (SSSR count). The van der Waals surface area contributed by atoms with E-state index in [1.165, 1.54) is 50.0 Å². The number of alkyl halides is 3. The van der Waals surface area contributed by atoms with E-state index in [0.29, 0.717) is 4.75 Å². The third-order valence-corrected chi connectivity index (χ3v) is 6.58. The second-order valence-electron chi connectivity index (χ2n) is 8.40. The third kappa shape index (κ3) is 7.64. The molecule has 1 aromatic carbocycles. The van der Waals surface area contributed by atoms with Crippen LogP contribution in [-0.2, 0) is 12.6 Å². The van der Waals surface area contributed by atoms with Crippen LogP contribution in [-0.4, -0.2) is 10.5 Å². The van der Waals surface area contributed by atoms with E-state index in [1.807, 2.05) is 0 Å². The van der Waals surface area contributed by atoms with Crippen molar-refractivity contribution in [3.63, 3.8) is 0 Å². The van der Waals surface area contributed by atoms with Gasteiger partial charge in [0.1, 0.15) is 0 Å². The molecule has 0 radical (unpaired) electrons. The molecule has 1 saturated carbocycles. The van der Waals surface area contributed by atoms with Crippen LogP contribution in [0.1, 0.15) is 70.4 Å². The molecule has 25 heavy (non-hydrogen) atoms. The summed E-state index contributed by atoms with van der Waals surface area (Å²) in [6.07, 6.45) is 4.27. The fourth-order valence-corrected chi connectivity index (χ4v) is 4.58. The van der Waals surface area contributed by atoms with Crippen molar-refractivity contribution >= 4 is 11.8 Å². The summed E-state index contributed by atoms with van der Waals surface area (Å²) in [5, 5.41) is 0. The van der Waals surface area contributed by atoms with E-state index in [2.05, 4.69) is 32.5 Å². The molecule has 0 unspecified atom stereocenters. The Morgan fingerprint density at radius 1 is 0.920 bits per heavy atom. The summed E-state index contributed by atoms with van der Waals surface area (Å²) in [4.78, 5) is 0. The molecular formula is C21H31F3S. The zero-order chi connectivity index (χ0) is 18.5. The first-order valence-corrected chi connectivity index (χ1v) is 10.4. The molecule has 0 spiro atoms. The summed E-state index contributed by atoms with van der Waals surface area (Å²) in [7, 11) is 0. The lowest BCUT2D eigenvalue weighted by atomic mass is 9.80. The Morgan fingerprint density at radius 2 is 1.48 bits per heavy atom. The lowest BCUT2D eigenvalue weighted by Crippen LogP contribution is -2.19. The summed E-state index contributed by atoms with van der Waals surface area (Å²) in [6.45, 7) is 6.85. The Balaban J connectivity index is 1.65. The van der Waals surface area contributed by atoms with E-state index in [9.17, 15) is 13.2 Å². The Labute approximate surface area is 155 Å². The van der Waals surface area contributed by atoms with Gasteiger partial charge in [0.25, 0.3) is 0 Å². The monoisotopic (exact) mass is 372 g/mol. The Hall–Kier alpha value is -0.640. The van der Waals surface area contributed by atoms with E-state index in [4.69, 9.17) is 0 Å². The van der Waals surface area contributed by atoms with E-state index in [-0.39, 0.29) is 0 Å². The number of rotatable bonds is 6. The number of hydrogen-bond acceptors (Lipinski definition) is 1. The zero-order valence-electron chi connectivity index (χ0n) is 15.7. The molecule has 0 N–H and O–H groups in total. The SMILES string of the molecule is CC(C)(C)SCC1CCC(CCCc2ccc(C(F)(F)F)cc2)CC1. The molecule has 1 fully saturated rings. The van der Waals surface area contributed by atoms with Gasteiger partial charge in [0.15, 0.2) is 0 Å². The van der Waals surface area contributed by atoms with Gasteiger partial charge >= 0.3 is 6.18 Å². The molecule has 0 amide bonds. The van der Waals surface area contributed by atoms with Gasteiger partial charge in [0.2, 0.25) is 0 Å². The molecule has 0 saturated heterocycles. The summed E-state index contributed by atoms with van der Waals surface area (Å²) in [5.74, 6) is 2.96. The van der Waals surface area contributed by atoms with Crippen molar-refractivity contribution < 1.29 is 13.2 Å². The van der Waals surface area contributed by atoms with Gasteiger partial charge < -0.3 is 0 Å². The lowest BCUT2D eigenvalue weighted by Gasteiger charge is -2.30. The second-order valence-corrected chi connectivity index (χ2v) is 10.2. The number of aryl methyl sites for hydroxylation is 1. The third-order valence-electron chi connectivity index (χ3n) is 5.08. The molecule has 1 aromatic rings. The van der Waals surface area contributed by atoms with E-state index < -0.39 is 11.7 Å². The van der Waals surface area contributed by atoms with Crippen LogP contribution in [0, 0.1) is 11.8 Å². The van der Waals surface area contributed by atoms with Crippen LogP contribution in [0.5, 0.6) is 0 Å². The van der Waals surface area contributed by atoms with Gasteiger partial charge in [-0.25, -0.2) is 0 Å². The van der Waals surface area contributed by atoms with Gasteiger partial charge in [-0.05, 0) is 61.0 Å². The van der Waals surface area contributed by atoms with Crippen LogP contribution in [0.2, 0.25) is 0 Å². The lowest BCUT2D eigenvalue weighted by molar-refractivity contribution is -0.137. The summed E-state index contributed by atoms with van der Waals surface area (Å²) >= 11 is 2.08. The highest BCUT2D eigenvalue weighted by Gasteiger charge is 2.30. The first-order valence-electron chi connectivity index (χ1n) is 9.43. The minimum absolute atomic E-state index is 0.360. The van der Waals surface area contributed by atoms with Gasteiger partial charge in [0, 0.05) is 4.75 Å². The van der Waals surface area contributed by atoms with Gasteiger partial charge in [-0.1, -0.05) is 52.2 Å². The van der Waals surface area contributed by atoms with Crippen molar-refractivity contribution in [2.45, 2.75) is 76.6 Å². The second kappa shape index (κ2) is 8.83. The van der Waals surface area contributed by atoms with Crippen LogP contribution in [0.25, 0.3) is 0 Å². The Bertz CT molecular complexity index is 505. The Morgan fingerprint density at radius 3 is 2.00 bits per heavy atom. The maximum atomic E-state index is 12.6. The number of thioether (sulfide) groups is 1. The fourth-order valence-electron chi connectivity index (χ4n) is 3.51. The maximum Gasteiger partial charge on any atom is 0.416 e. The molecule has 0 nitrogen and oxygen atoms in total. The Kier molecular flexibility index (Phi) is 7.30. The predicted molar refractivity (Wildman–Crippen MR) is 102 cm³/mol. The zero-order valence-corrected chi connectivity index (χ0v) is 16.5. The molecule has 1 aliphatic carbocycles.